The van der Waals surface area contributed by atoms with E-state index in [0.29, 0.717) is 59.3 Å². The normalized spacial score (nSPS) is 15.7. The van der Waals surface area contributed by atoms with Gasteiger partial charge in [-0.25, -0.2) is 9.59 Å². The number of carbonyl (C=O) groups excluding carboxylic acids is 3. The number of carbonyl (C=O) groups is 3. The second kappa shape index (κ2) is 21.1. The van der Waals surface area contributed by atoms with Gasteiger partial charge in [0.05, 0.1) is 43.4 Å². The lowest BCUT2D eigenvalue weighted by Gasteiger charge is -2.40. The summed E-state index contributed by atoms with van der Waals surface area (Å²) in [7, 11) is 8.48. The van der Waals surface area contributed by atoms with E-state index in [-0.39, 0.29) is 31.4 Å². The van der Waals surface area contributed by atoms with Crippen LogP contribution in [-0.2, 0) is 31.9 Å². The van der Waals surface area contributed by atoms with Gasteiger partial charge in [0.25, 0.3) is 0 Å². The molecule has 0 N–H and O–H groups in total. The number of aryl methyl sites for hydroxylation is 2. The van der Waals surface area contributed by atoms with Gasteiger partial charge in [-0.05, 0) is 80.8 Å². The van der Waals surface area contributed by atoms with Crippen LogP contribution in [0.2, 0.25) is 0 Å². The van der Waals surface area contributed by atoms with E-state index in [1.165, 1.54) is 10.6 Å². The van der Waals surface area contributed by atoms with E-state index < -0.39 is 16.3 Å². The van der Waals surface area contributed by atoms with E-state index in [2.05, 4.69) is 30.3 Å². The number of fused-ring (bicyclic) bond motifs is 2. The largest absolute Gasteiger partial charge is 0.496 e. The predicted molar refractivity (Wildman–Crippen MR) is 278 cm³/mol. The molecule has 70 heavy (non-hydrogen) atoms. The highest BCUT2D eigenvalue weighted by Crippen LogP contribution is 2.43. The zero-order valence-corrected chi connectivity index (χ0v) is 41.5. The molecule has 0 radical (unpaired) electrons. The van der Waals surface area contributed by atoms with Gasteiger partial charge in [0.15, 0.2) is 12.2 Å². The monoisotopic (exact) mass is 940 g/mol. The summed E-state index contributed by atoms with van der Waals surface area (Å²) in [5.74, 6) is 0.776. The highest BCUT2D eigenvalue weighted by Gasteiger charge is 2.49. The lowest BCUT2D eigenvalue weighted by atomic mass is 9.93. The van der Waals surface area contributed by atoms with Crippen LogP contribution in [0.5, 0.6) is 11.5 Å². The van der Waals surface area contributed by atoms with Gasteiger partial charge in [0.2, 0.25) is 5.91 Å². The topological polar surface area (TPSA) is 119 Å². The number of hydrogen-bond donors (Lipinski definition) is 0. The fraction of sp³-hybridized carbons (Fsp3) is 0.293. The molecule has 12 nitrogen and oxygen atoms in total. The number of quaternary nitrogens is 1. The summed E-state index contributed by atoms with van der Waals surface area (Å²) < 4.78 is 22.8. The summed E-state index contributed by atoms with van der Waals surface area (Å²) in [6, 6.07) is 44.3. The van der Waals surface area contributed by atoms with Crippen molar-refractivity contribution in [2.75, 3.05) is 66.6 Å². The van der Waals surface area contributed by atoms with Crippen LogP contribution in [0.4, 0.5) is 16.2 Å². The summed E-state index contributed by atoms with van der Waals surface area (Å²) in [4.78, 5) is 54.4. The van der Waals surface area contributed by atoms with Gasteiger partial charge in [-0.15, -0.1) is 9.60 Å². The lowest BCUT2D eigenvalue weighted by molar-refractivity contribution is -0.141. The Balaban J connectivity index is 1.14. The van der Waals surface area contributed by atoms with E-state index in [4.69, 9.17) is 28.9 Å². The van der Waals surface area contributed by atoms with E-state index in [9.17, 15) is 14.4 Å². The number of aliphatic imine (C=N–C) groups is 2. The molecule has 2 aliphatic heterocycles. The maximum absolute atomic E-state index is 15.0. The van der Waals surface area contributed by atoms with Crippen LogP contribution in [0.15, 0.2) is 143 Å². The van der Waals surface area contributed by atoms with Crippen molar-refractivity contribution in [2.45, 2.75) is 52.1 Å². The Kier molecular flexibility index (Phi) is 14.8. The Morgan fingerprint density at radius 1 is 0.643 bits per heavy atom. The molecule has 12 heteroatoms. The quantitative estimate of drug-likeness (QED) is 0.0743. The molecule has 0 saturated carbocycles. The minimum atomic E-state index is -0.852. The van der Waals surface area contributed by atoms with Gasteiger partial charge in [-0.2, -0.15) is 0 Å². The number of benzene rings is 6. The van der Waals surface area contributed by atoms with Crippen LogP contribution in [0.1, 0.15) is 67.0 Å². The Hall–Kier alpha value is -7.41. The first-order chi connectivity index (χ1) is 33.7. The molecule has 0 bridgehead atoms. The molecule has 6 aromatic carbocycles. The van der Waals surface area contributed by atoms with Gasteiger partial charge < -0.3 is 23.8 Å². The first-order valence-corrected chi connectivity index (χ1v) is 23.7. The van der Waals surface area contributed by atoms with E-state index in [1.54, 1.807) is 40.3 Å². The third-order valence-electron chi connectivity index (χ3n) is 12.9. The van der Waals surface area contributed by atoms with Crippen molar-refractivity contribution < 1.29 is 33.3 Å². The molecule has 0 spiro atoms. The average molecular weight is 941 g/mol. The minimum absolute atomic E-state index is 0.00180. The number of nitrogens with zero attached hydrogens (tertiary/aromatic N) is 5. The van der Waals surface area contributed by atoms with Crippen LogP contribution in [0.3, 0.4) is 0 Å². The number of likely N-dealkylation sites (N-methyl/N-ethyl adjacent to an activating group) is 2. The fourth-order valence-corrected chi connectivity index (χ4v) is 9.20. The van der Waals surface area contributed by atoms with Crippen LogP contribution in [0.25, 0.3) is 22.3 Å². The molecular formula is C58H62N5O7+. The molecule has 8 rings (SSSR count). The van der Waals surface area contributed by atoms with E-state index >= 15 is 0 Å². The lowest BCUT2D eigenvalue weighted by Crippen LogP contribution is -2.66. The maximum atomic E-state index is 15.0. The standard InChI is InChI=1S/C58H62N5O7/c1-58(2,3)70-57(66)62(31-15-17-39-23-27-43(28-24-39)55-47-33-45(41-19-11-9-12-20-41)51(68-7)35-49(47)61(4)53(64)37-59-55)63(5)50-36-52(69-8)46(42-21-13-10-14-22-42)34-48(50)56(60-38-54(63)65)44-29-25-40(26-30-44)18-16-32-67-6/h9-14,19-30,33-36H,15-18,31-32,37-38H2,1-8H3/q+1. The number of amides is 3. The molecule has 0 aromatic heterocycles. The van der Waals surface area contributed by atoms with Crippen molar-refractivity contribution in [1.29, 1.82) is 0 Å². The van der Waals surface area contributed by atoms with Gasteiger partial charge >= 0.3 is 12.0 Å². The Morgan fingerprint density at radius 3 is 1.70 bits per heavy atom. The van der Waals surface area contributed by atoms with Crippen LogP contribution < -0.4 is 19.0 Å². The molecule has 0 aliphatic carbocycles. The third-order valence-corrected chi connectivity index (χ3v) is 12.9. The highest BCUT2D eigenvalue weighted by molar-refractivity contribution is 6.21. The molecule has 360 valence electrons. The average Bonchev–Trinajstić information content (AvgIpc) is 3.56. The third kappa shape index (κ3) is 10.3. The van der Waals surface area contributed by atoms with Gasteiger partial charge in [-0.3, -0.25) is 14.8 Å². The minimum Gasteiger partial charge on any atom is -0.496 e. The highest BCUT2D eigenvalue weighted by atomic mass is 16.6. The predicted octanol–water partition coefficient (Wildman–Crippen LogP) is 10.5. The second-order valence-electron chi connectivity index (χ2n) is 18.7. The number of hydrogen-bond acceptors (Lipinski definition) is 9. The number of ether oxygens (including phenoxy) is 4. The number of benzodiazepines with no additional fused rings is 2. The summed E-state index contributed by atoms with van der Waals surface area (Å²) in [5, 5.41) is 1.53. The van der Waals surface area contributed by atoms with E-state index in [1.807, 2.05) is 124 Å². The van der Waals surface area contributed by atoms with E-state index in [0.717, 1.165) is 57.3 Å². The smallest absolute Gasteiger partial charge is 0.455 e. The number of anilines is 1. The first-order valence-electron chi connectivity index (χ1n) is 23.7. The number of methoxy groups -OCH3 is 3. The van der Waals surface area contributed by atoms with Gasteiger partial charge in [0.1, 0.15) is 30.7 Å². The maximum Gasteiger partial charge on any atom is 0.455 e. The van der Waals surface area contributed by atoms with Crippen molar-refractivity contribution >= 4 is 40.7 Å². The van der Waals surface area contributed by atoms with Crippen LogP contribution in [-0.4, -0.2) is 102 Å². The number of rotatable bonds is 15. The van der Waals surface area contributed by atoms with Crippen LogP contribution >= 0.6 is 0 Å². The van der Waals surface area contributed by atoms with Crippen molar-refractivity contribution in [1.82, 2.24) is 9.60 Å². The fourth-order valence-electron chi connectivity index (χ4n) is 9.20. The zero-order chi connectivity index (χ0) is 49.6. The zero-order valence-electron chi connectivity index (χ0n) is 41.5. The van der Waals surface area contributed by atoms with Crippen molar-refractivity contribution in [3.63, 3.8) is 0 Å². The summed E-state index contributed by atoms with van der Waals surface area (Å²) in [5.41, 5.74) is 10.8. The Morgan fingerprint density at radius 2 is 1.16 bits per heavy atom. The van der Waals surface area contributed by atoms with Crippen molar-refractivity contribution in [2.24, 2.45) is 9.98 Å². The molecule has 2 heterocycles. The Labute approximate surface area is 411 Å². The molecule has 1 atom stereocenters. The molecule has 0 fully saturated rings. The van der Waals surface area contributed by atoms with Crippen molar-refractivity contribution in [3.05, 3.63) is 167 Å². The molecule has 2 aliphatic rings. The molecule has 6 aromatic rings. The second-order valence-corrected chi connectivity index (χ2v) is 18.7. The molecule has 3 amide bonds. The molecule has 0 saturated heterocycles. The molecular weight excluding hydrogens is 879 g/mol. The summed E-state index contributed by atoms with van der Waals surface area (Å²) >= 11 is 0. The first kappa shape index (κ1) is 49.0. The van der Waals surface area contributed by atoms with Gasteiger partial charge in [0, 0.05) is 60.7 Å². The SMILES string of the molecule is COCCCc1ccc(C2=NCC(=O)[N+](C)(N(CCCc3ccc(C4=NCC(=O)N(C)c5cc(OC)c(-c6ccccc6)cc54)cc3)C(=O)OC(C)(C)C)c3cc(OC)c(-c4ccccc4)cc32)cc1. The Bertz CT molecular complexity index is 2930. The van der Waals surface area contributed by atoms with Crippen molar-refractivity contribution in [3.8, 4) is 33.8 Å². The summed E-state index contributed by atoms with van der Waals surface area (Å²) in [6.45, 7) is 6.12. The summed E-state index contributed by atoms with van der Waals surface area (Å²) in [6.07, 6.45) is 2.21. The van der Waals surface area contributed by atoms with Gasteiger partial charge in [-0.1, -0.05) is 109 Å². The molecule has 1 unspecified atom stereocenters. The van der Waals surface area contributed by atoms with Crippen LogP contribution in [0, 0.1) is 0 Å².